The quantitative estimate of drug-likeness (QED) is 0.915. The smallest absolute Gasteiger partial charge is 0.254 e. The normalized spacial score (nSPS) is 15.1. The minimum absolute atomic E-state index is 0.124. The molecular weight excluding hydrogens is 238 g/mol. The first-order valence-corrected chi connectivity index (χ1v) is 6.89. The van der Waals surface area contributed by atoms with E-state index in [2.05, 4.69) is 24.0 Å². The van der Waals surface area contributed by atoms with Crippen molar-refractivity contribution < 1.29 is 4.79 Å². The summed E-state index contributed by atoms with van der Waals surface area (Å²) in [5.41, 5.74) is 1.66. The number of aromatic amines is 1. The minimum atomic E-state index is 0.124. The summed E-state index contributed by atoms with van der Waals surface area (Å²) in [6.45, 7) is 5.04. The van der Waals surface area contributed by atoms with Crippen LogP contribution < -0.4 is 0 Å². The van der Waals surface area contributed by atoms with Crippen molar-refractivity contribution in [2.45, 2.75) is 32.7 Å². The van der Waals surface area contributed by atoms with Crippen LogP contribution in [-0.2, 0) is 0 Å². The third-order valence-electron chi connectivity index (χ3n) is 3.72. The molecule has 3 rings (SSSR count). The molecule has 1 fully saturated rings. The maximum Gasteiger partial charge on any atom is 0.254 e. The van der Waals surface area contributed by atoms with Crippen molar-refractivity contribution in [1.82, 2.24) is 15.1 Å². The highest BCUT2D eigenvalue weighted by Crippen LogP contribution is 2.31. The molecule has 0 aliphatic heterocycles. The summed E-state index contributed by atoms with van der Waals surface area (Å²) < 4.78 is 0. The molecule has 4 nitrogen and oxygen atoms in total. The summed E-state index contributed by atoms with van der Waals surface area (Å²) in [7, 11) is 0. The zero-order valence-electron chi connectivity index (χ0n) is 11.4. The molecule has 0 spiro atoms. The fraction of sp³-hybridized carbons (Fsp3) is 0.467. The molecule has 0 unspecified atom stereocenters. The fourth-order valence-electron chi connectivity index (χ4n) is 2.34. The van der Waals surface area contributed by atoms with E-state index in [1.54, 1.807) is 6.20 Å². The van der Waals surface area contributed by atoms with E-state index >= 15 is 0 Å². The van der Waals surface area contributed by atoms with Crippen molar-refractivity contribution >= 4 is 16.8 Å². The molecule has 1 saturated carbocycles. The maximum absolute atomic E-state index is 12.6. The van der Waals surface area contributed by atoms with Gasteiger partial charge in [-0.2, -0.15) is 5.10 Å². The van der Waals surface area contributed by atoms with Gasteiger partial charge in [0.05, 0.1) is 11.7 Å². The van der Waals surface area contributed by atoms with Gasteiger partial charge in [0.1, 0.15) is 0 Å². The van der Waals surface area contributed by atoms with Gasteiger partial charge in [-0.1, -0.05) is 6.07 Å². The number of nitrogens with zero attached hydrogens (tertiary/aromatic N) is 2. The summed E-state index contributed by atoms with van der Waals surface area (Å²) in [5, 5.41) is 7.94. The van der Waals surface area contributed by atoms with Crippen LogP contribution >= 0.6 is 0 Å². The van der Waals surface area contributed by atoms with Crippen LogP contribution in [0.2, 0.25) is 0 Å². The van der Waals surface area contributed by atoms with E-state index in [1.807, 2.05) is 23.1 Å². The topological polar surface area (TPSA) is 49.0 Å². The Balaban J connectivity index is 1.86. The average molecular weight is 257 g/mol. The van der Waals surface area contributed by atoms with E-state index in [-0.39, 0.29) is 11.9 Å². The van der Waals surface area contributed by atoms with Crippen LogP contribution in [0.3, 0.4) is 0 Å². The van der Waals surface area contributed by atoms with E-state index < -0.39 is 0 Å². The van der Waals surface area contributed by atoms with Gasteiger partial charge in [0.25, 0.3) is 5.91 Å². The van der Waals surface area contributed by atoms with Gasteiger partial charge in [0.2, 0.25) is 0 Å². The largest absolute Gasteiger partial charge is 0.336 e. The molecule has 1 aliphatic rings. The lowest BCUT2D eigenvalue weighted by molar-refractivity contribution is 0.0696. The Morgan fingerprint density at radius 1 is 1.47 bits per heavy atom. The van der Waals surface area contributed by atoms with Crippen LogP contribution in [0.4, 0.5) is 0 Å². The SMILES string of the molecule is CC(C)N(CC1CC1)C(=O)c1ccc2cn[nH]c2c1. The van der Waals surface area contributed by atoms with Crippen LogP contribution in [0.1, 0.15) is 37.0 Å². The van der Waals surface area contributed by atoms with E-state index in [4.69, 9.17) is 0 Å². The van der Waals surface area contributed by atoms with Gasteiger partial charge in [-0.3, -0.25) is 9.89 Å². The van der Waals surface area contributed by atoms with Crippen LogP contribution in [0, 0.1) is 5.92 Å². The summed E-state index contributed by atoms with van der Waals surface area (Å²) in [4.78, 5) is 14.6. The van der Waals surface area contributed by atoms with Crippen molar-refractivity contribution in [2.24, 2.45) is 5.92 Å². The second kappa shape index (κ2) is 4.68. The van der Waals surface area contributed by atoms with Crippen molar-refractivity contribution in [3.05, 3.63) is 30.0 Å². The molecule has 19 heavy (non-hydrogen) atoms. The zero-order valence-corrected chi connectivity index (χ0v) is 11.4. The Morgan fingerprint density at radius 2 is 2.26 bits per heavy atom. The van der Waals surface area contributed by atoms with Crippen LogP contribution in [0.25, 0.3) is 10.9 Å². The summed E-state index contributed by atoms with van der Waals surface area (Å²) in [6, 6.07) is 5.97. The number of hydrogen-bond donors (Lipinski definition) is 1. The standard InChI is InChI=1S/C15H19N3O/c1-10(2)18(9-11-3-4-11)15(19)12-5-6-13-8-16-17-14(13)7-12/h5-8,10-11H,3-4,9H2,1-2H3,(H,16,17). The number of benzene rings is 1. The van der Waals surface area contributed by atoms with Crippen LogP contribution in [-0.4, -0.2) is 33.6 Å². The molecular formula is C15H19N3O. The highest BCUT2D eigenvalue weighted by atomic mass is 16.2. The third-order valence-corrected chi connectivity index (χ3v) is 3.72. The number of carbonyl (C=O) groups excluding carboxylic acids is 1. The van der Waals surface area contributed by atoms with Crippen molar-refractivity contribution in [3.63, 3.8) is 0 Å². The number of aromatic nitrogens is 2. The first-order valence-electron chi connectivity index (χ1n) is 6.89. The molecule has 1 amide bonds. The number of amides is 1. The predicted octanol–water partition coefficient (Wildman–Crippen LogP) is 2.82. The number of H-pyrrole nitrogens is 1. The minimum Gasteiger partial charge on any atom is -0.336 e. The number of fused-ring (bicyclic) bond motifs is 1. The molecule has 0 bridgehead atoms. The van der Waals surface area contributed by atoms with Gasteiger partial charge in [-0.05, 0) is 44.7 Å². The highest BCUT2D eigenvalue weighted by molar-refractivity contribution is 5.97. The lowest BCUT2D eigenvalue weighted by Crippen LogP contribution is -2.38. The maximum atomic E-state index is 12.6. The number of hydrogen-bond acceptors (Lipinski definition) is 2. The number of carbonyl (C=O) groups is 1. The summed E-state index contributed by atoms with van der Waals surface area (Å²) in [6.07, 6.45) is 4.29. The molecule has 0 radical (unpaired) electrons. The van der Waals surface area contributed by atoms with E-state index in [0.717, 1.165) is 23.0 Å². The fourth-order valence-corrected chi connectivity index (χ4v) is 2.34. The number of nitrogens with one attached hydrogen (secondary N) is 1. The van der Waals surface area contributed by atoms with E-state index in [0.29, 0.717) is 5.92 Å². The van der Waals surface area contributed by atoms with Gasteiger partial charge in [0, 0.05) is 23.5 Å². The Morgan fingerprint density at radius 3 is 2.95 bits per heavy atom. The second-order valence-electron chi connectivity index (χ2n) is 5.67. The first kappa shape index (κ1) is 12.2. The summed E-state index contributed by atoms with van der Waals surface area (Å²) >= 11 is 0. The van der Waals surface area contributed by atoms with Gasteiger partial charge in [-0.15, -0.1) is 0 Å². The van der Waals surface area contributed by atoms with Crippen LogP contribution in [0.5, 0.6) is 0 Å². The molecule has 0 saturated heterocycles. The Labute approximate surface area is 112 Å². The molecule has 0 atom stereocenters. The van der Waals surface area contributed by atoms with Gasteiger partial charge < -0.3 is 4.90 Å². The second-order valence-corrected chi connectivity index (χ2v) is 5.67. The van der Waals surface area contributed by atoms with Crippen molar-refractivity contribution in [2.75, 3.05) is 6.54 Å². The third kappa shape index (κ3) is 2.48. The van der Waals surface area contributed by atoms with Gasteiger partial charge in [-0.25, -0.2) is 0 Å². The molecule has 1 aromatic heterocycles. The molecule has 4 heteroatoms. The molecule has 1 aliphatic carbocycles. The molecule has 100 valence electrons. The Bertz CT molecular complexity index is 598. The lowest BCUT2D eigenvalue weighted by Gasteiger charge is -2.27. The van der Waals surface area contributed by atoms with E-state index in [9.17, 15) is 4.79 Å². The van der Waals surface area contributed by atoms with Crippen molar-refractivity contribution in [3.8, 4) is 0 Å². The summed E-state index contributed by atoms with van der Waals surface area (Å²) in [5.74, 6) is 0.834. The Kier molecular flexibility index (Phi) is 3.01. The Hall–Kier alpha value is -1.84. The van der Waals surface area contributed by atoms with Crippen molar-refractivity contribution in [1.29, 1.82) is 0 Å². The van der Waals surface area contributed by atoms with Crippen LogP contribution in [0.15, 0.2) is 24.4 Å². The monoisotopic (exact) mass is 257 g/mol. The predicted molar refractivity (Wildman–Crippen MR) is 75.0 cm³/mol. The van der Waals surface area contributed by atoms with E-state index in [1.165, 1.54) is 12.8 Å². The molecule has 1 N–H and O–H groups in total. The highest BCUT2D eigenvalue weighted by Gasteiger charge is 2.28. The van der Waals surface area contributed by atoms with Gasteiger partial charge in [0.15, 0.2) is 0 Å². The lowest BCUT2D eigenvalue weighted by atomic mass is 10.1. The average Bonchev–Trinajstić information content (AvgIpc) is 3.09. The molecule has 1 heterocycles. The number of rotatable bonds is 4. The molecule has 2 aromatic rings. The van der Waals surface area contributed by atoms with Gasteiger partial charge >= 0.3 is 0 Å². The molecule has 1 aromatic carbocycles. The first-order chi connectivity index (χ1) is 9.15. The zero-order chi connectivity index (χ0) is 13.4.